The molecule has 0 atom stereocenters. The van der Waals surface area contributed by atoms with Crippen LogP contribution in [0.1, 0.15) is 26.5 Å². The Kier molecular flexibility index (Phi) is 4.63. The zero-order valence-electron chi connectivity index (χ0n) is 13.8. The summed E-state index contributed by atoms with van der Waals surface area (Å²) in [6.07, 6.45) is -0.0546. The zero-order valence-corrected chi connectivity index (χ0v) is 13.8. The molecule has 122 valence electrons. The van der Waals surface area contributed by atoms with Crippen molar-refractivity contribution in [2.45, 2.75) is 33.7 Å². The van der Waals surface area contributed by atoms with Gasteiger partial charge in [0, 0.05) is 10.8 Å². The van der Waals surface area contributed by atoms with Gasteiger partial charge in [0.25, 0.3) is 5.56 Å². The molecule has 0 spiro atoms. The van der Waals surface area contributed by atoms with Gasteiger partial charge in [0.15, 0.2) is 5.78 Å². The Balaban J connectivity index is 2.57. The lowest BCUT2D eigenvalue weighted by Crippen LogP contribution is -2.33. The molecule has 1 heterocycles. The van der Waals surface area contributed by atoms with Crippen molar-refractivity contribution in [2.75, 3.05) is 7.11 Å². The van der Waals surface area contributed by atoms with E-state index >= 15 is 0 Å². The van der Waals surface area contributed by atoms with Crippen LogP contribution in [0.5, 0.6) is 0 Å². The smallest absolute Gasteiger partial charge is 0.311 e. The number of esters is 1. The number of carbonyl (C=O) groups excluding carboxylic acids is 2. The second kappa shape index (κ2) is 6.32. The maximum Gasteiger partial charge on any atom is 0.311 e. The molecule has 1 aromatic carbocycles. The number of methoxy groups -OCH3 is 1. The summed E-state index contributed by atoms with van der Waals surface area (Å²) >= 11 is 0. The third-order valence-electron chi connectivity index (χ3n) is 3.61. The number of hydrogen-bond acceptors (Lipinski definition) is 5. The highest BCUT2D eigenvalue weighted by atomic mass is 16.5. The molecule has 0 saturated heterocycles. The number of hydrogen-bond donors (Lipinski definition) is 0. The average Bonchev–Trinajstić information content (AvgIpc) is 2.50. The Labute approximate surface area is 134 Å². The van der Waals surface area contributed by atoms with Crippen molar-refractivity contribution < 1.29 is 14.3 Å². The molecule has 0 amide bonds. The molecule has 1 aromatic heterocycles. The Morgan fingerprint density at radius 3 is 2.35 bits per heavy atom. The van der Waals surface area contributed by atoms with Crippen LogP contribution in [0.2, 0.25) is 0 Å². The van der Waals surface area contributed by atoms with Crippen molar-refractivity contribution in [3.05, 3.63) is 40.3 Å². The van der Waals surface area contributed by atoms with Crippen LogP contribution in [0.3, 0.4) is 0 Å². The monoisotopic (exact) mass is 316 g/mol. The molecule has 0 aliphatic carbocycles. The fraction of sp³-hybridized carbons (Fsp3) is 0.412. The minimum absolute atomic E-state index is 0.0546. The van der Waals surface area contributed by atoms with E-state index < -0.39 is 11.4 Å². The van der Waals surface area contributed by atoms with E-state index in [-0.39, 0.29) is 24.3 Å². The van der Waals surface area contributed by atoms with Gasteiger partial charge in [0.05, 0.1) is 24.6 Å². The van der Waals surface area contributed by atoms with E-state index in [0.29, 0.717) is 16.5 Å². The third-order valence-corrected chi connectivity index (χ3v) is 3.61. The van der Waals surface area contributed by atoms with Gasteiger partial charge in [-0.05, 0) is 6.07 Å². The van der Waals surface area contributed by atoms with Crippen LogP contribution < -0.4 is 5.56 Å². The summed E-state index contributed by atoms with van der Waals surface area (Å²) in [5.41, 5.74) is -0.490. The maximum atomic E-state index is 12.5. The van der Waals surface area contributed by atoms with Crippen molar-refractivity contribution in [1.82, 2.24) is 9.78 Å². The summed E-state index contributed by atoms with van der Waals surface area (Å²) in [7, 11) is 1.30. The number of fused-ring (bicyclic) bond motifs is 1. The number of Topliss-reactive ketones (excluding diaryl/α,β-unsaturated/α-hetero) is 1. The molecule has 0 saturated carbocycles. The molecule has 0 bridgehead atoms. The van der Waals surface area contributed by atoms with Gasteiger partial charge in [-0.3, -0.25) is 14.4 Å². The van der Waals surface area contributed by atoms with Crippen LogP contribution >= 0.6 is 0 Å². The zero-order chi connectivity index (χ0) is 17.2. The lowest BCUT2D eigenvalue weighted by atomic mass is 9.91. The predicted molar refractivity (Wildman–Crippen MR) is 86.2 cm³/mol. The van der Waals surface area contributed by atoms with E-state index in [9.17, 15) is 14.4 Å². The van der Waals surface area contributed by atoms with E-state index in [4.69, 9.17) is 0 Å². The Hall–Kier alpha value is -2.50. The Bertz CT molecular complexity index is 815. The first kappa shape index (κ1) is 16.9. The number of ketones is 1. The van der Waals surface area contributed by atoms with Crippen LogP contribution in [0.15, 0.2) is 29.1 Å². The van der Waals surface area contributed by atoms with Gasteiger partial charge in [0.2, 0.25) is 0 Å². The normalized spacial score (nSPS) is 11.5. The summed E-state index contributed by atoms with van der Waals surface area (Å²) in [5, 5.41) is 5.26. The fourth-order valence-electron chi connectivity index (χ4n) is 2.13. The van der Waals surface area contributed by atoms with Crippen molar-refractivity contribution in [1.29, 1.82) is 0 Å². The van der Waals surface area contributed by atoms with E-state index in [1.165, 1.54) is 7.11 Å². The molecule has 6 nitrogen and oxygen atoms in total. The second-order valence-electron chi connectivity index (χ2n) is 6.38. The fourth-order valence-corrected chi connectivity index (χ4v) is 2.13. The highest BCUT2D eigenvalue weighted by Gasteiger charge is 2.23. The standard InChI is InChI=1S/C17H20N2O4/c1-17(2,3)14(20)10-19-16(22)12-8-6-5-7-11(12)13(18-19)9-15(21)23-4/h5-8H,9-10H2,1-4H3. The quantitative estimate of drug-likeness (QED) is 0.803. The molecule has 0 aliphatic rings. The van der Waals surface area contributed by atoms with Crippen LogP contribution in [0, 0.1) is 5.41 Å². The van der Waals surface area contributed by atoms with Gasteiger partial charge in [-0.1, -0.05) is 39.0 Å². The molecule has 0 unspecified atom stereocenters. The third kappa shape index (κ3) is 3.64. The highest BCUT2D eigenvalue weighted by molar-refractivity contribution is 5.87. The number of ether oxygens (including phenoxy) is 1. The van der Waals surface area contributed by atoms with Crippen molar-refractivity contribution in [3.8, 4) is 0 Å². The SMILES string of the molecule is COC(=O)Cc1nn(CC(=O)C(C)(C)C)c(=O)c2ccccc12. The van der Waals surface area contributed by atoms with Gasteiger partial charge in [-0.15, -0.1) is 0 Å². The van der Waals surface area contributed by atoms with E-state index in [1.807, 2.05) is 0 Å². The topological polar surface area (TPSA) is 78.3 Å². The molecule has 0 N–H and O–H groups in total. The molecule has 0 aliphatic heterocycles. The molecular formula is C17H20N2O4. The first-order chi connectivity index (χ1) is 10.7. The van der Waals surface area contributed by atoms with Crippen molar-refractivity contribution in [3.63, 3.8) is 0 Å². The first-order valence-corrected chi connectivity index (χ1v) is 7.33. The lowest BCUT2D eigenvalue weighted by molar-refractivity contribution is -0.139. The summed E-state index contributed by atoms with van der Waals surface area (Å²) in [6, 6.07) is 6.91. The lowest BCUT2D eigenvalue weighted by Gasteiger charge is -2.17. The molecule has 0 fully saturated rings. The molecule has 0 radical (unpaired) electrons. The minimum atomic E-state index is -0.574. The highest BCUT2D eigenvalue weighted by Crippen LogP contribution is 2.17. The molecule has 2 aromatic rings. The molecular weight excluding hydrogens is 296 g/mol. The van der Waals surface area contributed by atoms with Crippen LogP contribution in [-0.2, 0) is 27.3 Å². The first-order valence-electron chi connectivity index (χ1n) is 7.33. The van der Waals surface area contributed by atoms with E-state index in [0.717, 1.165) is 4.68 Å². The number of nitrogens with zero attached hydrogens (tertiary/aromatic N) is 2. The predicted octanol–water partition coefficient (Wildman–Crippen LogP) is 1.73. The van der Waals surface area contributed by atoms with Gasteiger partial charge >= 0.3 is 5.97 Å². The molecule has 2 rings (SSSR count). The van der Waals surface area contributed by atoms with E-state index in [1.54, 1.807) is 45.0 Å². The van der Waals surface area contributed by atoms with Gasteiger partial charge in [-0.25, -0.2) is 4.68 Å². The van der Waals surface area contributed by atoms with E-state index in [2.05, 4.69) is 9.84 Å². The van der Waals surface area contributed by atoms with Crippen LogP contribution in [-0.4, -0.2) is 28.6 Å². The number of rotatable bonds is 4. The largest absolute Gasteiger partial charge is 0.469 e. The molecule has 23 heavy (non-hydrogen) atoms. The van der Waals surface area contributed by atoms with Crippen molar-refractivity contribution >= 4 is 22.5 Å². The second-order valence-corrected chi connectivity index (χ2v) is 6.38. The number of carbonyl (C=O) groups is 2. The summed E-state index contributed by atoms with van der Waals surface area (Å²) in [4.78, 5) is 36.3. The number of aromatic nitrogens is 2. The maximum absolute atomic E-state index is 12.5. The van der Waals surface area contributed by atoms with Gasteiger partial charge < -0.3 is 4.74 Å². The summed E-state index contributed by atoms with van der Waals surface area (Å²) in [6.45, 7) is 5.24. The average molecular weight is 316 g/mol. The van der Waals surface area contributed by atoms with Crippen LogP contribution in [0.4, 0.5) is 0 Å². The van der Waals surface area contributed by atoms with Gasteiger partial charge in [-0.2, -0.15) is 5.10 Å². The summed E-state index contributed by atoms with van der Waals surface area (Å²) < 4.78 is 5.81. The molecule has 6 heteroatoms. The number of benzene rings is 1. The Morgan fingerprint density at radius 2 is 1.78 bits per heavy atom. The minimum Gasteiger partial charge on any atom is -0.469 e. The van der Waals surface area contributed by atoms with Crippen molar-refractivity contribution in [2.24, 2.45) is 5.41 Å². The van der Waals surface area contributed by atoms with Crippen LogP contribution in [0.25, 0.3) is 10.8 Å². The van der Waals surface area contributed by atoms with Gasteiger partial charge in [0.1, 0.15) is 6.54 Å². The summed E-state index contributed by atoms with van der Waals surface area (Å²) in [5.74, 6) is -0.554. The Morgan fingerprint density at radius 1 is 1.17 bits per heavy atom.